The Morgan fingerprint density at radius 3 is 2.71 bits per heavy atom. The first-order valence-electron chi connectivity index (χ1n) is 5.06. The average Bonchev–Trinajstić information content (AvgIpc) is 2.56. The lowest BCUT2D eigenvalue weighted by Crippen LogP contribution is -2.38. The van der Waals surface area contributed by atoms with E-state index in [0.29, 0.717) is 5.92 Å². The van der Waals surface area contributed by atoms with Gasteiger partial charge in [-0.15, -0.1) is 11.3 Å². The van der Waals surface area contributed by atoms with Crippen molar-refractivity contribution in [3.8, 4) is 0 Å². The Labute approximate surface area is 90.7 Å². The summed E-state index contributed by atoms with van der Waals surface area (Å²) in [7, 11) is 2.13. The zero-order valence-corrected chi connectivity index (χ0v) is 10.1. The molecule has 1 unspecified atom stereocenters. The zero-order chi connectivity index (χ0) is 10.6. The van der Waals surface area contributed by atoms with Crippen molar-refractivity contribution in [2.75, 3.05) is 13.6 Å². The Balaban J connectivity index is 2.32. The molecule has 0 saturated carbocycles. The molecular formula is C11H20N2S. The van der Waals surface area contributed by atoms with Crippen LogP contribution in [0.25, 0.3) is 0 Å². The molecule has 0 amide bonds. The summed E-state index contributed by atoms with van der Waals surface area (Å²) in [4.78, 5) is 3.69. The molecular weight excluding hydrogens is 192 g/mol. The van der Waals surface area contributed by atoms with Crippen molar-refractivity contribution in [2.45, 2.75) is 26.4 Å². The maximum Gasteiger partial charge on any atom is 0.0325 e. The number of thiophene rings is 1. The quantitative estimate of drug-likeness (QED) is 0.810. The summed E-state index contributed by atoms with van der Waals surface area (Å²) in [5.41, 5.74) is 6.01. The zero-order valence-electron chi connectivity index (χ0n) is 9.23. The molecule has 0 bridgehead atoms. The molecule has 1 atom stereocenters. The molecule has 1 rings (SSSR count). The fraction of sp³-hybridized carbons (Fsp3) is 0.636. The van der Waals surface area contributed by atoms with Crippen LogP contribution in [0.15, 0.2) is 17.5 Å². The summed E-state index contributed by atoms with van der Waals surface area (Å²) in [6.45, 7) is 6.32. The first-order chi connectivity index (χ1) is 6.59. The Morgan fingerprint density at radius 1 is 1.50 bits per heavy atom. The van der Waals surface area contributed by atoms with Gasteiger partial charge in [0.15, 0.2) is 0 Å². The van der Waals surface area contributed by atoms with Crippen molar-refractivity contribution in [2.24, 2.45) is 11.7 Å². The lowest BCUT2D eigenvalue weighted by molar-refractivity contribution is 0.278. The fourth-order valence-electron chi connectivity index (χ4n) is 1.30. The molecule has 0 aromatic carbocycles. The van der Waals surface area contributed by atoms with Crippen molar-refractivity contribution < 1.29 is 0 Å². The minimum atomic E-state index is 0.278. The van der Waals surface area contributed by atoms with Gasteiger partial charge in [-0.1, -0.05) is 19.9 Å². The Kier molecular flexibility index (Phi) is 4.58. The first-order valence-corrected chi connectivity index (χ1v) is 5.94. The van der Waals surface area contributed by atoms with E-state index in [9.17, 15) is 0 Å². The summed E-state index contributed by atoms with van der Waals surface area (Å²) in [5, 5.41) is 2.12. The molecule has 1 aromatic heterocycles. The molecule has 0 radical (unpaired) electrons. The van der Waals surface area contributed by atoms with Crippen molar-refractivity contribution in [1.29, 1.82) is 0 Å². The maximum absolute atomic E-state index is 6.01. The van der Waals surface area contributed by atoms with Crippen LogP contribution in [0.2, 0.25) is 0 Å². The number of nitrogens with zero attached hydrogens (tertiary/aromatic N) is 1. The molecule has 1 aromatic rings. The monoisotopic (exact) mass is 212 g/mol. The second-order valence-electron chi connectivity index (χ2n) is 4.18. The SMILES string of the molecule is CC(C)C(N)CN(C)Cc1cccs1. The first kappa shape index (κ1) is 11.7. The fourth-order valence-corrected chi connectivity index (χ4v) is 2.09. The maximum atomic E-state index is 6.01. The van der Waals surface area contributed by atoms with Crippen LogP contribution in [0.5, 0.6) is 0 Å². The van der Waals surface area contributed by atoms with E-state index in [-0.39, 0.29) is 6.04 Å². The molecule has 2 N–H and O–H groups in total. The van der Waals surface area contributed by atoms with Crippen LogP contribution in [0.3, 0.4) is 0 Å². The van der Waals surface area contributed by atoms with Crippen LogP contribution in [0.4, 0.5) is 0 Å². The molecule has 1 heterocycles. The van der Waals surface area contributed by atoms with Crippen LogP contribution in [0, 0.1) is 5.92 Å². The highest BCUT2D eigenvalue weighted by molar-refractivity contribution is 7.09. The summed E-state index contributed by atoms with van der Waals surface area (Å²) in [6, 6.07) is 4.54. The van der Waals surface area contributed by atoms with Gasteiger partial charge in [0.05, 0.1) is 0 Å². The van der Waals surface area contributed by atoms with Crippen LogP contribution < -0.4 is 5.73 Å². The molecule has 2 nitrogen and oxygen atoms in total. The molecule has 3 heteroatoms. The van der Waals surface area contributed by atoms with Crippen molar-refractivity contribution in [3.05, 3.63) is 22.4 Å². The topological polar surface area (TPSA) is 29.3 Å². The summed E-state index contributed by atoms with van der Waals surface area (Å²) in [6.07, 6.45) is 0. The predicted octanol–water partition coefficient (Wildman–Crippen LogP) is 2.16. The van der Waals surface area contributed by atoms with E-state index in [2.05, 4.69) is 43.3 Å². The molecule has 0 saturated heterocycles. The molecule has 0 aliphatic rings. The Morgan fingerprint density at radius 2 is 2.21 bits per heavy atom. The van der Waals surface area contributed by atoms with Crippen LogP contribution in [-0.2, 0) is 6.54 Å². The average molecular weight is 212 g/mol. The lowest BCUT2D eigenvalue weighted by atomic mass is 10.1. The van der Waals surface area contributed by atoms with Gasteiger partial charge in [-0.05, 0) is 24.4 Å². The van der Waals surface area contributed by atoms with E-state index in [1.54, 1.807) is 11.3 Å². The van der Waals surface area contributed by atoms with Gasteiger partial charge in [0.25, 0.3) is 0 Å². The minimum absolute atomic E-state index is 0.278. The minimum Gasteiger partial charge on any atom is -0.326 e. The third-order valence-corrected chi connectivity index (χ3v) is 3.25. The number of hydrogen-bond acceptors (Lipinski definition) is 3. The molecule has 0 aliphatic heterocycles. The molecule has 0 fully saturated rings. The van der Waals surface area contributed by atoms with E-state index in [4.69, 9.17) is 5.73 Å². The van der Waals surface area contributed by atoms with E-state index in [1.807, 2.05) is 0 Å². The van der Waals surface area contributed by atoms with Gasteiger partial charge in [0.2, 0.25) is 0 Å². The second-order valence-corrected chi connectivity index (χ2v) is 5.22. The summed E-state index contributed by atoms with van der Waals surface area (Å²) < 4.78 is 0. The Bertz CT molecular complexity index is 244. The van der Waals surface area contributed by atoms with Crippen LogP contribution in [0.1, 0.15) is 18.7 Å². The van der Waals surface area contributed by atoms with Crippen LogP contribution >= 0.6 is 11.3 Å². The van der Waals surface area contributed by atoms with Gasteiger partial charge in [-0.3, -0.25) is 4.90 Å². The van der Waals surface area contributed by atoms with Gasteiger partial charge < -0.3 is 5.73 Å². The number of hydrogen-bond donors (Lipinski definition) is 1. The third kappa shape index (κ3) is 3.78. The largest absolute Gasteiger partial charge is 0.326 e. The van der Waals surface area contributed by atoms with Gasteiger partial charge >= 0.3 is 0 Å². The predicted molar refractivity (Wildman–Crippen MR) is 63.5 cm³/mol. The highest BCUT2D eigenvalue weighted by Gasteiger charge is 2.10. The molecule has 14 heavy (non-hydrogen) atoms. The lowest BCUT2D eigenvalue weighted by Gasteiger charge is -2.23. The van der Waals surface area contributed by atoms with Gasteiger partial charge in [-0.25, -0.2) is 0 Å². The highest BCUT2D eigenvalue weighted by atomic mass is 32.1. The summed E-state index contributed by atoms with van der Waals surface area (Å²) in [5.74, 6) is 0.556. The van der Waals surface area contributed by atoms with Crippen molar-refractivity contribution in [3.63, 3.8) is 0 Å². The van der Waals surface area contributed by atoms with E-state index in [1.165, 1.54) is 4.88 Å². The van der Waals surface area contributed by atoms with Crippen molar-refractivity contribution in [1.82, 2.24) is 4.90 Å². The van der Waals surface area contributed by atoms with Gasteiger partial charge in [-0.2, -0.15) is 0 Å². The standard InChI is InChI=1S/C11H20N2S/c1-9(2)11(12)8-13(3)7-10-5-4-6-14-10/h4-6,9,11H,7-8,12H2,1-3H3. The van der Waals surface area contributed by atoms with Gasteiger partial charge in [0, 0.05) is 24.0 Å². The van der Waals surface area contributed by atoms with Crippen LogP contribution in [-0.4, -0.2) is 24.5 Å². The van der Waals surface area contributed by atoms with E-state index < -0.39 is 0 Å². The third-order valence-electron chi connectivity index (χ3n) is 2.38. The second kappa shape index (κ2) is 5.49. The van der Waals surface area contributed by atoms with Gasteiger partial charge in [0.1, 0.15) is 0 Å². The molecule has 80 valence electrons. The van der Waals surface area contributed by atoms with E-state index >= 15 is 0 Å². The number of nitrogens with two attached hydrogens (primary N) is 1. The Hall–Kier alpha value is -0.380. The highest BCUT2D eigenvalue weighted by Crippen LogP contribution is 2.11. The molecule has 0 aliphatic carbocycles. The molecule has 0 spiro atoms. The normalized spacial score (nSPS) is 13.9. The van der Waals surface area contributed by atoms with Crippen molar-refractivity contribution >= 4 is 11.3 Å². The number of likely N-dealkylation sites (N-methyl/N-ethyl adjacent to an activating group) is 1. The van der Waals surface area contributed by atoms with E-state index in [0.717, 1.165) is 13.1 Å². The number of rotatable bonds is 5. The summed E-state index contributed by atoms with van der Waals surface area (Å²) >= 11 is 1.80. The smallest absolute Gasteiger partial charge is 0.0325 e.